The van der Waals surface area contributed by atoms with Gasteiger partial charge in [0.05, 0.1) is 17.6 Å². The van der Waals surface area contributed by atoms with Gasteiger partial charge in [-0.3, -0.25) is 0 Å². The minimum atomic E-state index is -4.36. The predicted molar refractivity (Wildman–Crippen MR) is 117 cm³/mol. The van der Waals surface area contributed by atoms with E-state index in [1.54, 1.807) is 24.4 Å². The van der Waals surface area contributed by atoms with Gasteiger partial charge in [-0.2, -0.15) is 13.2 Å². The lowest BCUT2D eigenvalue weighted by molar-refractivity contribution is -0.137. The fourth-order valence-electron chi connectivity index (χ4n) is 2.81. The normalized spacial score (nSPS) is 11.7. The average molecular weight is 422 g/mol. The molecule has 0 atom stereocenters. The largest absolute Gasteiger partial charge is 0.416 e. The van der Waals surface area contributed by atoms with E-state index in [-0.39, 0.29) is 0 Å². The molecule has 3 nitrogen and oxygen atoms in total. The van der Waals surface area contributed by atoms with Gasteiger partial charge in [0.15, 0.2) is 0 Å². The standard InChI is InChI=1S/C22H26F3N3S/c1-6-27(4)14-26-20-11-15(2)19(10-16(20)3)21(29)28(5)13-17-8-7-9-18(12-17)22(23,24)25/h7-12,14H,6,13H2,1-5H3/b26-14+. The molecule has 0 amide bonds. The molecule has 0 unspecified atom stereocenters. The Morgan fingerprint density at radius 2 is 1.79 bits per heavy atom. The molecule has 29 heavy (non-hydrogen) atoms. The van der Waals surface area contributed by atoms with Crippen LogP contribution in [0.25, 0.3) is 0 Å². The molecule has 7 heteroatoms. The van der Waals surface area contributed by atoms with Gasteiger partial charge in [0, 0.05) is 32.7 Å². The zero-order valence-corrected chi connectivity index (χ0v) is 18.2. The van der Waals surface area contributed by atoms with Crippen molar-refractivity contribution in [3.63, 3.8) is 0 Å². The minimum Gasteiger partial charge on any atom is -0.366 e. The van der Waals surface area contributed by atoms with Crippen LogP contribution in [0, 0.1) is 13.8 Å². The molecule has 0 aliphatic heterocycles. The molecule has 0 fully saturated rings. The zero-order valence-electron chi connectivity index (χ0n) is 17.3. The summed E-state index contributed by atoms with van der Waals surface area (Å²) in [6.07, 6.45) is -2.56. The van der Waals surface area contributed by atoms with Crippen molar-refractivity contribution in [1.29, 1.82) is 0 Å². The van der Waals surface area contributed by atoms with E-state index in [4.69, 9.17) is 12.2 Å². The Labute approximate surface area is 175 Å². The van der Waals surface area contributed by atoms with E-state index in [0.29, 0.717) is 17.1 Å². The average Bonchev–Trinajstić information content (AvgIpc) is 2.66. The Balaban J connectivity index is 2.21. The molecule has 2 aromatic carbocycles. The summed E-state index contributed by atoms with van der Waals surface area (Å²) in [5, 5.41) is 0. The summed E-state index contributed by atoms with van der Waals surface area (Å²) in [5.74, 6) is 0. The summed E-state index contributed by atoms with van der Waals surface area (Å²) in [5.41, 5.74) is 3.62. The Bertz CT molecular complexity index is 907. The SMILES string of the molecule is CCN(C)/C=N/c1cc(C)c(C(=S)N(C)Cc2cccc(C(F)(F)F)c2)cc1C. The number of hydrogen-bond donors (Lipinski definition) is 0. The maximum atomic E-state index is 12.9. The van der Waals surface area contributed by atoms with E-state index in [9.17, 15) is 13.2 Å². The molecule has 0 bridgehead atoms. The third-order valence-corrected chi connectivity index (χ3v) is 5.22. The van der Waals surface area contributed by atoms with Crippen molar-refractivity contribution in [3.8, 4) is 0 Å². The van der Waals surface area contributed by atoms with Crippen LogP contribution in [0.2, 0.25) is 0 Å². The molecule has 0 N–H and O–H groups in total. The molecule has 156 valence electrons. The minimum absolute atomic E-state index is 0.294. The Morgan fingerprint density at radius 1 is 1.10 bits per heavy atom. The van der Waals surface area contributed by atoms with Crippen LogP contribution in [-0.2, 0) is 12.7 Å². The quantitative estimate of drug-likeness (QED) is 0.337. The van der Waals surface area contributed by atoms with Gasteiger partial charge in [-0.15, -0.1) is 0 Å². The number of nitrogens with zero attached hydrogens (tertiary/aromatic N) is 3. The molecule has 0 radical (unpaired) electrons. The van der Waals surface area contributed by atoms with Gasteiger partial charge in [0.1, 0.15) is 4.99 Å². The van der Waals surface area contributed by atoms with Crippen LogP contribution in [0.15, 0.2) is 41.4 Å². The molecule has 2 aromatic rings. The second-order valence-electron chi connectivity index (χ2n) is 7.13. The van der Waals surface area contributed by atoms with Gasteiger partial charge in [0.25, 0.3) is 0 Å². The summed E-state index contributed by atoms with van der Waals surface area (Å²) in [4.78, 5) is 8.88. The number of benzene rings is 2. The van der Waals surface area contributed by atoms with Gasteiger partial charge >= 0.3 is 6.18 Å². The lowest BCUT2D eigenvalue weighted by atomic mass is 10.0. The van der Waals surface area contributed by atoms with Gasteiger partial charge in [-0.05, 0) is 61.7 Å². The van der Waals surface area contributed by atoms with Crippen molar-refractivity contribution in [2.45, 2.75) is 33.5 Å². The number of thiocarbonyl (C=S) groups is 1. The van der Waals surface area contributed by atoms with Gasteiger partial charge < -0.3 is 9.80 Å². The highest BCUT2D eigenvalue weighted by Crippen LogP contribution is 2.30. The summed E-state index contributed by atoms with van der Waals surface area (Å²) in [6.45, 7) is 7.14. The molecule has 0 spiro atoms. The van der Waals surface area contributed by atoms with E-state index in [2.05, 4.69) is 4.99 Å². The highest BCUT2D eigenvalue weighted by Gasteiger charge is 2.30. The lowest BCUT2D eigenvalue weighted by Crippen LogP contribution is -2.26. The lowest BCUT2D eigenvalue weighted by Gasteiger charge is -2.23. The first-order valence-electron chi connectivity index (χ1n) is 9.30. The smallest absolute Gasteiger partial charge is 0.366 e. The number of aliphatic imine (C=N–C) groups is 1. The van der Waals surface area contributed by atoms with Crippen molar-refractivity contribution in [1.82, 2.24) is 9.80 Å². The summed E-state index contributed by atoms with van der Waals surface area (Å²) < 4.78 is 38.8. The summed E-state index contributed by atoms with van der Waals surface area (Å²) in [6, 6.07) is 9.30. The number of aryl methyl sites for hydroxylation is 2. The number of halogens is 3. The van der Waals surface area contributed by atoms with Crippen LogP contribution >= 0.6 is 12.2 Å². The van der Waals surface area contributed by atoms with E-state index < -0.39 is 11.7 Å². The highest BCUT2D eigenvalue weighted by atomic mass is 32.1. The Kier molecular flexibility index (Phi) is 7.41. The highest BCUT2D eigenvalue weighted by molar-refractivity contribution is 7.80. The fraction of sp³-hybridized carbons (Fsp3) is 0.364. The van der Waals surface area contributed by atoms with Gasteiger partial charge in [0.2, 0.25) is 0 Å². The maximum absolute atomic E-state index is 12.9. The van der Waals surface area contributed by atoms with Crippen LogP contribution in [-0.4, -0.2) is 41.8 Å². The second kappa shape index (κ2) is 9.39. The molecular formula is C22H26F3N3S. The molecule has 0 aromatic heterocycles. The Morgan fingerprint density at radius 3 is 2.41 bits per heavy atom. The van der Waals surface area contributed by atoms with Gasteiger partial charge in [-0.25, -0.2) is 4.99 Å². The van der Waals surface area contributed by atoms with Crippen LogP contribution in [0.3, 0.4) is 0 Å². The zero-order chi connectivity index (χ0) is 21.8. The van der Waals surface area contributed by atoms with E-state index in [1.807, 2.05) is 44.9 Å². The maximum Gasteiger partial charge on any atom is 0.416 e. The van der Waals surface area contributed by atoms with E-state index >= 15 is 0 Å². The van der Waals surface area contributed by atoms with Crippen molar-refractivity contribution < 1.29 is 13.2 Å². The molecule has 0 aliphatic rings. The summed E-state index contributed by atoms with van der Waals surface area (Å²) in [7, 11) is 3.75. The third-order valence-electron chi connectivity index (χ3n) is 4.69. The molecule has 0 aliphatic carbocycles. The van der Waals surface area contributed by atoms with Crippen LogP contribution in [0.5, 0.6) is 0 Å². The second-order valence-corrected chi connectivity index (χ2v) is 7.52. The van der Waals surface area contributed by atoms with Crippen LogP contribution in [0.1, 0.15) is 34.7 Å². The van der Waals surface area contributed by atoms with Crippen molar-refractivity contribution in [3.05, 3.63) is 64.2 Å². The first-order chi connectivity index (χ1) is 13.5. The monoisotopic (exact) mass is 421 g/mol. The Hall–Kier alpha value is -2.41. The number of alkyl halides is 3. The summed E-state index contributed by atoms with van der Waals surface area (Å²) >= 11 is 5.62. The number of rotatable bonds is 6. The van der Waals surface area contributed by atoms with Crippen molar-refractivity contribution >= 4 is 29.2 Å². The fourth-order valence-corrected chi connectivity index (χ4v) is 3.09. The predicted octanol–water partition coefficient (Wildman–Crippen LogP) is 5.74. The van der Waals surface area contributed by atoms with Crippen molar-refractivity contribution in [2.75, 3.05) is 20.6 Å². The van der Waals surface area contributed by atoms with Crippen molar-refractivity contribution in [2.24, 2.45) is 4.99 Å². The van der Waals surface area contributed by atoms with Crippen LogP contribution < -0.4 is 0 Å². The molecular weight excluding hydrogens is 395 g/mol. The van der Waals surface area contributed by atoms with Gasteiger partial charge in [-0.1, -0.05) is 24.4 Å². The molecule has 0 saturated carbocycles. The van der Waals surface area contributed by atoms with E-state index in [1.165, 1.54) is 12.1 Å². The molecule has 2 rings (SSSR count). The van der Waals surface area contributed by atoms with Crippen LogP contribution in [0.4, 0.5) is 18.9 Å². The van der Waals surface area contributed by atoms with E-state index in [0.717, 1.165) is 35.0 Å². The first-order valence-corrected chi connectivity index (χ1v) is 9.71. The number of hydrogen-bond acceptors (Lipinski definition) is 2. The topological polar surface area (TPSA) is 18.8 Å². The third kappa shape index (κ3) is 6.03. The molecule has 0 saturated heterocycles. The molecule has 0 heterocycles. The first kappa shape index (κ1) is 22.9.